The van der Waals surface area contributed by atoms with Crippen molar-refractivity contribution in [2.45, 2.75) is 32.9 Å². The van der Waals surface area contributed by atoms with Gasteiger partial charge in [-0.1, -0.05) is 13.8 Å². The molecule has 1 aromatic rings. The molecule has 0 bridgehead atoms. The van der Waals surface area contributed by atoms with Crippen LogP contribution in [0, 0.1) is 11.7 Å². The summed E-state index contributed by atoms with van der Waals surface area (Å²) in [6.45, 7) is 7.37. The van der Waals surface area contributed by atoms with E-state index in [9.17, 15) is 4.39 Å². The average Bonchev–Trinajstić information content (AvgIpc) is 2.28. The van der Waals surface area contributed by atoms with E-state index in [1.165, 1.54) is 12.3 Å². The minimum atomic E-state index is -0.292. The summed E-state index contributed by atoms with van der Waals surface area (Å²) in [6.07, 6.45) is 1.26. The lowest BCUT2D eigenvalue weighted by molar-refractivity contribution is 0.219. The van der Waals surface area contributed by atoms with Crippen molar-refractivity contribution in [3.05, 3.63) is 29.8 Å². The number of hydrogen-bond acceptors (Lipinski definition) is 3. The maximum atomic E-state index is 12.8. The molecular formula is C14H24FN3. The molecule has 1 N–H and O–H groups in total. The number of pyridine rings is 1. The molecule has 2 atom stereocenters. The second-order valence-electron chi connectivity index (χ2n) is 5.31. The molecule has 0 saturated carbocycles. The molecule has 0 radical (unpaired) electrons. The van der Waals surface area contributed by atoms with Gasteiger partial charge in [0.15, 0.2) is 0 Å². The molecule has 0 saturated heterocycles. The number of likely N-dealkylation sites (N-methyl/N-ethyl adjacent to an activating group) is 1. The molecule has 0 amide bonds. The maximum absolute atomic E-state index is 12.8. The number of nitrogens with zero attached hydrogens (tertiary/aromatic N) is 2. The van der Waals surface area contributed by atoms with E-state index in [4.69, 9.17) is 0 Å². The molecule has 102 valence electrons. The zero-order chi connectivity index (χ0) is 13.7. The zero-order valence-electron chi connectivity index (χ0n) is 11.9. The Morgan fingerprint density at radius 2 is 1.94 bits per heavy atom. The van der Waals surface area contributed by atoms with E-state index < -0.39 is 0 Å². The van der Waals surface area contributed by atoms with Gasteiger partial charge in [0, 0.05) is 18.6 Å². The van der Waals surface area contributed by atoms with Crippen LogP contribution in [-0.4, -0.2) is 36.6 Å². The van der Waals surface area contributed by atoms with Gasteiger partial charge < -0.3 is 10.2 Å². The number of aromatic nitrogens is 1. The van der Waals surface area contributed by atoms with Gasteiger partial charge in [-0.25, -0.2) is 4.39 Å². The summed E-state index contributed by atoms with van der Waals surface area (Å²) >= 11 is 0. The summed E-state index contributed by atoms with van der Waals surface area (Å²) < 4.78 is 12.8. The second kappa shape index (κ2) is 6.81. The predicted molar refractivity (Wildman–Crippen MR) is 72.9 cm³/mol. The van der Waals surface area contributed by atoms with Gasteiger partial charge in [0.2, 0.25) is 0 Å². The first-order valence-electron chi connectivity index (χ1n) is 6.43. The van der Waals surface area contributed by atoms with E-state index in [0.29, 0.717) is 12.0 Å². The molecule has 0 aromatic carbocycles. The van der Waals surface area contributed by atoms with Crippen LogP contribution in [0.15, 0.2) is 18.3 Å². The van der Waals surface area contributed by atoms with E-state index in [1.807, 2.05) is 6.92 Å². The van der Waals surface area contributed by atoms with Crippen LogP contribution in [0.1, 0.15) is 32.5 Å². The van der Waals surface area contributed by atoms with E-state index in [1.54, 1.807) is 6.07 Å². The van der Waals surface area contributed by atoms with Crippen molar-refractivity contribution in [3.63, 3.8) is 0 Å². The number of rotatable bonds is 6. The van der Waals surface area contributed by atoms with E-state index in [-0.39, 0.29) is 11.9 Å². The normalized spacial score (nSPS) is 15.1. The zero-order valence-corrected chi connectivity index (χ0v) is 11.9. The van der Waals surface area contributed by atoms with Crippen molar-refractivity contribution < 1.29 is 4.39 Å². The van der Waals surface area contributed by atoms with Crippen LogP contribution in [0.3, 0.4) is 0 Å². The van der Waals surface area contributed by atoms with Crippen molar-refractivity contribution in [3.8, 4) is 0 Å². The Bertz CT molecular complexity index is 341. The minimum Gasteiger partial charge on any atom is -0.307 e. The Labute approximate surface area is 109 Å². The van der Waals surface area contributed by atoms with Gasteiger partial charge in [-0.05, 0) is 39.1 Å². The highest BCUT2D eigenvalue weighted by molar-refractivity contribution is 5.09. The molecule has 1 rings (SSSR count). The van der Waals surface area contributed by atoms with Crippen molar-refractivity contribution in [2.24, 2.45) is 5.92 Å². The molecule has 0 spiro atoms. The molecule has 18 heavy (non-hydrogen) atoms. The highest BCUT2D eigenvalue weighted by atomic mass is 19.1. The standard InChI is InChI=1S/C14H24FN3/c1-10(2)14(18(4)5)9-16-11(3)13-7-6-12(15)8-17-13/h6-8,10-11,14,16H,9H2,1-5H3. The molecule has 4 heteroatoms. The van der Waals surface area contributed by atoms with Gasteiger partial charge in [0.05, 0.1) is 11.9 Å². The first kappa shape index (κ1) is 15.1. The van der Waals surface area contributed by atoms with E-state index in [2.05, 4.69) is 43.1 Å². The topological polar surface area (TPSA) is 28.2 Å². The molecule has 0 aliphatic rings. The quantitative estimate of drug-likeness (QED) is 0.844. The fourth-order valence-electron chi connectivity index (χ4n) is 2.06. The van der Waals surface area contributed by atoms with Gasteiger partial charge in [0.1, 0.15) is 5.82 Å². The predicted octanol–water partition coefficient (Wildman–Crippen LogP) is 2.46. The van der Waals surface area contributed by atoms with Crippen molar-refractivity contribution >= 4 is 0 Å². The molecular weight excluding hydrogens is 229 g/mol. The summed E-state index contributed by atoms with van der Waals surface area (Å²) in [6, 6.07) is 3.79. The van der Waals surface area contributed by atoms with Crippen LogP contribution in [0.4, 0.5) is 4.39 Å². The lowest BCUT2D eigenvalue weighted by Gasteiger charge is -2.29. The Morgan fingerprint density at radius 3 is 2.39 bits per heavy atom. The van der Waals surface area contributed by atoms with Crippen LogP contribution < -0.4 is 5.32 Å². The van der Waals surface area contributed by atoms with E-state index >= 15 is 0 Å². The van der Waals surface area contributed by atoms with Gasteiger partial charge in [-0.2, -0.15) is 0 Å². The molecule has 0 aliphatic heterocycles. The lowest BCUT2D eigenvalue weighted by Crippen LogP contribution is -2.42. The summed E-state index contributed by atoms with van der Waals surface area (Å²) in [4.78, 5) is 6.32. The van der Waals surface area contributed by atoms with Gasteiger partial charge in [-0.3, -0.25) is 4.98 Å². The van der Waals surface area contributed by atoms with Crippen molar-refractivity contribution in [2.75, 3.05) is 20.6 Å². The summed E-state index contributed by atoms with van der Waals surface area (Å²) in [5, 5.41) is 3.45. The number of halogens is 1. The Balaban J connectivity index is 2.54. The Hall–Kier alpha value is -1.00. The first-order valence-corrected chi connectivity index (χ1v) is 6.43. The van der Waals surface area contributed by atoms with Gasteiger partial charge >= 0.3 is 0 Å². The molecule has 0 aliphatic carbocycles. The number of hydrogen-bond donors (Lipinski definition) is 1. The average molecular weight is 253 g/mol. The molecule has 2 unspecified atom stereocenters. The second-order valence-corrected chi connectivity index (χ2v) is 5.31. The minimum absolute atomic E-state index is 0.131. The lowest BCUT2D eigenvalue weighted by atomic mass is 10.0. The first-order chi connectivity index (χ1) is 8.41. The van der Waals surface area contributed by atoms with Crippen LogP contribution in [0.2, 0.25) is 0 Å². The smallest absolute Gasteiger partial charge is 0.141 e. The third-order valence-corrected chi connectivity index (χ3v) is 3.26. The number of nitrogens with one attached hydrogen (secondary N) is 1. The summed E-state index contributed by atoms with van der Waals surface area (Å²) in [5.74, 6) is 0.292. The highest BCUT2D eigenvalue weighted by Gasteiger charge is 2.17. The summed E-state index contributed by atoms with van der Waals surface area (Å²) in [5.41, 5.74) is 0.873. The third kappa shape index (κ3) is 4.35. The third-order valence-electron chi connectivity index (χ3n) is 3.26. The van der Waals surface area contributed by atoms with Crippen LogP contribution >= 0.6 is 0 Å². The summed E-state index contributed by atoms with van der Waals surface area (Å²) in [7, 11) is 4.18. The molecule has 1 heterocycles. The fraction of sp³-hybridized carbons (Fsp3) is 0.643. The Kier molecular flexibility index (Phi) is 5.69. The van der Waals surface area contributed by atoms with Gasteiger partial charge in [0.25, 0.3) is 0 Å². The van der Waals surface area contributed by atoms with Crippen LogP contribution in [0.25, 0.3) is 0 Å². The fourth-order valence-corrected chi connectivity index (χ4v) is 2.06. The van der Waals surface area contributed by atoms with Crippen molar-refractivity contribution in [1.82, 2.24) is 15.2 Å². The largest absolute Gasteiger partial charge is 0.307 e. The van der Waals surface area contributed by atoms with Crippen LogP contribution in [0.5, 0.6) is 0 Å². The molecule has 1 aromatic heterocycles. The van der Waals surface area contributed by atoms with E-state index in [0.717, 1.165) is 12.2 Å². The SMILES string of the molecule is CC(NCC(C(C)C)N(C)C)c1ccc(F)cn1. The van der Waals surface area contributed by atoms with Crippen molar-refractivity contribution in [1.29, 1.82) is 0 Å². The molecule has 0 fully saturated rings. The maximum Gasteiger partial charge on any atom is 0.141 e. The Morgan fingerprint density at radius 1 is 1.28 bits per heavy atom. The van der Waals surface area contributed by atoms with Gasteiger partial charge in [-0.15, -0.1) is 0 Å². The molecule has 3 nitrogen and oxygen atoms in total. The highest BCUT2D eigenvalue weighted by Crippen LogP contribution is 2.12. The monoisotopic (exact) mass is 253 g/mol. The van der Waals surface area contributed by atoms with Crippen LogP contribution in [-0.2, 0) is 0 Å².